The summed E-state index contributed by atoms with van der Waals surface area (Å²) in [6, 6.07) is 11.9. The standard InChI is InChI=1S/C46H57N9O3S/c1-29-31-11-8-19-54(39(31)53-52-38(29)51-41-49-34-12-6-7-13-35(34)59-41)36-15-14-32(37(50-36)40(56)57)33-21-48-55(30(33)2)28-44-22-42(3)23-45(16-9-17-47-18-10-20-58-5)26-43(4,25-44)46(45,24-42)27-44/h6-7,12-15,21,47H,8-11,16-20,22-28H2,1-5H3,(H,56,57)(H,49,51,52). The van der Waals surface area contributed by atoms with Crippen LogP contribution in [0.1, 0.15) is 105 Å². The van der Waals surface area contributed by atoms with Crippen molar-refractivity contribution in [1.82, 2.24) is 35.3 Å². The van der Waals surface area contributed by atoms with E-state index in [2.05, 4.69) is 59.3 Å². The normalized spacial score (nSPS) is 28.9. The van der Waals surface area contributed by atoms with Crippen molar-refractivity contribution in [1.29, 1.82) is 0 Å². The van der Waals surface area contributed by atoms with E-state index in [-0.39, 0.29) is 11.1 Å². The van der Waals surface area contributed by atoms with Gasteiger partial charge in [-0.1, -0.05) is 37.3 Å². The summed E-state index contributed by atoms with van der Waals surface area (Å²) in [5, 5.41) is 32.7. The summed E-state index contributed by atoms with van der Waals surface area (Å²) in [5.41, 5.74) is 7.34. The number of carboxylic acid groups (broad SMARTS) is 1. The first kappa shape index (κ1) is 38.7. The van der Waals surface area contributed by atoms with Gasteiger partial charge in [0.05, 0.1) is 16.4 Å². The van der Waals surface area contributed by atoms with E-state index < -0.39 is 5.97 Å². The second-order valence-corrected chi connectivity index (χ2v) is 20.5. The summed E-state index contributed by atoms with van der Waals surface area (Å²) >= 11 is 1.58. The van der Waals surface area contributed by atoms with Crippen LogP contribution in [-0.4, -0.2) is 74.4 Å². The monoisotopic (exact) mass is 815 g/mol. The summed E-state index contributed by atoms with van der Waals surface area (Å²) in [6.45, 7) is 13.8. The molecule has 1 aliphatic heterocycles. The maximum Gasteiger partial charge on any atom is 0.355 e. The number of hydrogen-bond acceptors (Lipinski definition) is 11. The Kier molecular flexibility index (Phi) is 9.23. The minimum Gasteiger partial charge on any atom is -0.476 e. The Morgan fingerprint density at radius 2 is 1.81 bits per heavy atom. The average Bonchev–Trinajstić information content (AvgIpc) is 3.86. The number of nitrogens with zero attached hydrogens (tertiary/aromatic N) is 7. The highest BCUT2D eigenvalue weighted by molar-refractivity contribution is 7.22. The fourth-order valence-electron chi connectivity index (χ4n) is 14.0. The summed E-state index contributed by atoms with van der Waals surface area (Å²) in [4.78, 5) is 24.5. The number of benzene rings is 1. The molecule has 12 nitrogen and oxygen atoms in total. The number of aromatic nitrogens is 6. The van der Waals surface area contributed by atoms with Crippen molar-refractivity contribution < 1.29 is 14.6 Å². The molecule has 3 N–H and O–H groups in total. The molecule has 10 rings (SSSR count). The maximum atomic E-state index is 13.0. The molecule has 4 aromatic heterocycles. The van der Waals surface area contributed by atoms with Crippen molar-refractivity contribution in [3.63, 3.8) is 0 Å². The second-order valence-electron chi connectivity index (χ2n) is 19.5. The van der Waals surface area contributed by atoms with E-state index in [1.54, 1.807) is 18.4 Å². The van der Waals surface area contributed by atoms with Gasteiger partial charge in [0.15, 0.2) is 22.5 Å². The molecule has 4 saturated carbocycles. The molecule has 13 heteroatoms. The van der Waals surface area contributed by atoms with Gasteiger partial charge in [0.2, 0.25) is 0 Å². The van der Waals surface area contributed by atoms with E-state index in [0.717, 1.165) is 89.1 Å². The Labute approximate surface area is 350 Å². The smallest absolute Gasteiger partial charge is 0.355 e. The molecule has 4 aliphatic carbocycles. The summed E-state index contributed by atoms with van der Waals surface area (Å²) in [6.07, 6.45) is 15.1. The van der Waals surface area contributed by atoms with Crippen molar-refractivity contribution in [3.05, 3.63) is 65.1 Å². The minimum atomic E-state index is -1.06. The lowest BCUT2D eigenvalue weighted by Gasteiger charge is -2.66. The highest BCUT2D eigenvalue weighted by Gasteiger charge is 2.83. The van der Waals surface area contributed by atoms with Crippen molar-refractivity contribution in [2.45, 2.75) is 105 Å². The Morgan fingerprint density at radius 1 is 0.966 bits per heavy atom. The summed E-state index contributed by atoms with van der Waals surface area (Å²) in [7, 11) is 1.77. The van der Waals surface area contributed by atoms with Crippen LogP contribution in [0.5, 0.6) is 0 Å². The van der Waals surface area contributed by atoms with E-state index in [9.17, 15) is 9.90 Å². The molecular weight excluding hydrogens is 759 g/mol. The zero-order chi connectivity index (χ0) is 40.8. The third-order valence-corrected chi connectivity index (χ3v) is 16.4. The first-order valence-electron chi connectivity index (χ1n) is 21.6. The molecule has 3 bridgehead atoms. The van der Waals surface area contributed by atoms with Crippen LogP contribution in [0.3, 0.4) is 0 Å². The first-order valence-corrected chi connectivity index (χ1v) is 22.4. The molecule has 5 atom stereocenters. The minimum absolute atomic E-state index is 0.0285. The van der Waals surface area contributed by atoms with Crippen LogP contribution in [0, 0.1) is 40.9 Å². The highest BCUT2D eigenvalue weighted by Crippen LogP contribution is 2.92. The molecule has 59 heavy (non-hydrogen) atoms. The van der Waals surface area contributed by atoms with E-state index in [1.165, 1.54) is 51.4 Å². The number of carboxylic acids is 1. The number of methoxy groups -OCH3 is 1. The van der Waals surface area contributed by atoms with Crippen LogP contribution in [0.25, 0.3) is 21.3 Å². The average molecular weight is 816 g/mol. The number of rotatable bonds is 15. The Morgan fingerprint density at radius 3 is 2.64 bits per heavy atom. The number of fused-ring (bicyclic) bond motifs is 4. The third kappa shape index (κ3) is 6.11. The van der Waals surface area contributed by atoms with Crippen LogP contribution in [0.2, 0.25) is 0 Å². The fourth-order valence-corrected chi connectivity index (χ4v) is 14.8. The molecule has 4 fully saturated rings. The van der Waals surface area contributed by atoms with E-state index in [4.69, 9.17) is 19.8 Å². The van der Waals surface area contributed by atoms with Crippen molar-refractivity contribution in [2.75, 3.05) is 43.6 Å². The molecule has 0 amide bonds. The molecule has 310 valence electrons. The quantitative estimate of drug-likeness (QED) is 0.0871. The second kappa shape index (κ2) is 14.1. The number of hydrogen-bond donors (Lipinski definition) is 3. The summed E-state index contributed by atoms with van der Waals surface area (Å²) in [5.74, 6) is 0.898. The van der Waals surface area contributed by atoms with Crippen LogP contribution in [0.4, 0.5) is 22.6 Å². The van der Waals surface area contributed by atoms with Crippen molar-refractivity contribution >= 4 is 50.1 Å². The predicted molar refractivity (Wildman–Crippen MR) is 232 cm³/mol. The molecule has 5 heterocycles. The Bertz CT molecular complexity index is 2430. The predicted octanol–water partition coefficient (Wildman–Crippen LogP) is 9.26. The van der Waals surface area contributed by atoms with Gasteiger partial charge >= 0.3 is 5.97 Å². The van der Waals surface area contributed by atoms with Crippen LogP contribution < -0.4 is 15.5 Å². The van der Waals surface area contributed by atoms with Crippen LogP contribution in [-0.2, 0) is 17.7 Å². The number of para-hydroxylation sites is 1. The number of aromatic carboxylic acids is 1. The van der Waals surface area contributed by atoms with Gasteiger partial charge in [-0.3, -0.25) is 4.68 Å². The number of carbonyl (C=O) groups is 1. The van der Waals surface area contributed by atoms with Crippen LogP contribution >= 0.6 is 11.3 Å². The SMILES string of the molecule is COCCCNCCCC12CC3(C)CC4(Cn5ncc(-c6ccc(N7CCCc8c7nnc(Nc7nc9ccccc9s7)c8C)nc6C(=O)O)c5C)CC(C)(C1)C2(C3)C4. The maximum absolute atomic E-state index is 13.0. The number of nitrogens with one attached hydrogen (secondary N) is 2. The first-order chi connectivity index (χ1) is 28.4. The molecule has 0 saturated heterocycles. The van der Waals surface area contributed by atoms with E-state index in [1.807, 2.05) is 41.4 Å². The number of anilines is 4. The van der Waals surface area contributed by atoms with Gasteiger partial charge in [0.1, 0.15) is 5.82 Å². The lowest BCUT2D eigenvalue weighted by molar-refractivity contribution is -0.173. The van der Waals surface area contributed by atoms with Crippen LogP contribution in [0.15, 0.2) is 42.6 Å². The molecular formula is C46H57N9O3S. The lowest BCUT2D eigenvalue weighted by Crippen LogP contribution is -2.58. The molecule has 0 radical (unpaired) electrons. The van der Waals surface area contributed by atoms with Gasteiger partial charge in [0.25, 0.3) is 0 Å². The highest BCUT2D eigenvalue weighted by atomic mass is 32.1. The molecule has 1 aromatic carbocycles. The number of pyridine rings is 1. The topological polar surface area (TPSA) is 143 Å². The lowest BCUT2D eigenvalue weighted by atomic mass is 9.38. The zero-order valence-electron chi connectivity index (χ0n) is 35.2. The Hall–Kier alpha value is -4.46. The van der Waals surface area contributed by atoms with Gasteiger partial charge in [-0.2, -0.15) is 5.10 Å². The fraction of sp³-hybridized carbons (Fsp3) is 0.565. The zero-order valence-corrected chi connectivity index (χ0v) is 36.0. The van der Waals surface area contributed by atoms with E-state index >= 15 is 0 Å². The van der Waals surface area contributed by atoms with Gasteiger partial charge in [-0.05, 0) is 149 Å². The molecule has 5 aliphatic rings. The van der Waals surface area contributed by atoms with E-state index in [0.29, 0.717) is 45.4 Å². The largest absolute Gasteiger partial charge is 0.476 e. The van der Waals surface area contributed by atoms with Crippen molar-refractivity contribution in [3.8, 4) is 11.1 Å². The Balaban J connectivity index is 0.880. The van der Waals surface area contributed by atoms with Gasteiger partial charge in [-0.25, -0.2) is 14.8 Å². The van der Waals surface area contributed by atoms with Gasteiger partial charge in [0, 0.05) is 54.8 Å². The summed E-state index contributed by atoms with van der Waals surface area (Å²) < 4.78 is 8.53. The molecule has 5 unspecified atom stereocenters. The van der Waals surface area contributed by atoms with Gasteiger partial charge in [-0.15, -0.1) is 10.2 Å². The number of thiazole rings is 1. The van der Waals surface area contributed by atoms with Gasteiger partial charge < -0.3 is 25.4 Å². The molecule has 5 aromatic rings. The van der Waals surface area contributed by atoms with Crippen molar-refractivity contribution in [2.24, 2.45) is 27.1 Å². The molecule has 1 spiro atoms. The third-order valence-electron chi connectivity index (χ3n) is 15.5. The number of ether oxygens (including phenoxy) is 1.